The summed E-state index contributed by atoms with van der Waals surface area (Å²) in [5.74, 6) is -0.792. The van der Waals surface area contributed by atoms with Crippen LogP contribution in [0.25, 0.3) is 0 Å². The number of esters is 1. The van der Waals surface area contributed by atoms with E-state index in [0.29, 0.717) is 27.9 Å². The van der Waals surface area contributed by atoms with E-state index in [1.807, 2.05) is 6.92 Å². The summed E-state index contributed by atoms with van der Waals surface area (Å²) in [6.07, 6.45) is 0. The lowest BCUT2D eigenvalue weighted by Gasteiger charge is -2.34. The zero-order chi connectivity index (χ0) is 16.4. The summed E-state index contributed by atoms with van der Waals surface area (Å²) >= 11 is 12.2. The van der Waals surface area contributed by atoms with E-state index in [0.717, 1.165) is 0 Å². The van der Waals surface area contributed by atoms with E-state index in [2.05, 4.69) is 20.8 Å². The van der Waals surface area contributed by atoms with Crippen LogP contribution in [0.3, 0.4) is 0 Å². The summed E-state index contributed by atoms with van der Waals surface area (Å²) in [5.41, 5.74) is 6.99. The highest BCUT2D eigenvalue weighted by molar-refractivity contribution is 6.36. The number of hydrogen-bond acceptors (Lipinski definition) is 3. The van der Waals surface area contributed by atoms with Crippen molar-refractivity contribution in [3.05, 3.63) is 27.7 Å². The molecule has 0 aliphatic rings. The first-order valence-electron chi connectivity index (χ1n) is 7.00. The van der Waals surface area contributed by atoms with Crippen LogP contribution in [0.2, 0.25) is 10.0 Å². The number of anilines is 1. The van der Waals surface area contributed by atoms with E-state index in [1.165, 1.54) is 0 Å². The Bertz CT molecular complexity index is 524. The van der Waals surface area contributed by atoms with Gasteiger partial charge in [-0.15, -0.1) is 0 Å². The molecule has 0 radical (unpaired) electrons. The monoisotopic (exact) mass is 331 g/mol. The number of ether oxygens (including phenoxy) is 1. The first-order valence-corrected chi connectivity index (χ1v) is 7.76. The molecule has 3 nitrogen and oxygen atoms in total. The minimum Gasteiger partial charge on any atom is -0.466 e. The first-order chi connectivity index (χ1) is 9.59. The zero-order valence-corrected chi connectivity index (χ0v) is 14.7. The molecule has 0 aromatic heterocycles. The molecule has 21 heavy (non-hydrogen) atoms. The standard InChI is InChI=1S/C16H23Cl2NO2/c1-6-21-15(20)13(9(2)16(3,4)5)11-7-10(17)8-12(18)14(11)19/h7-9,13H,6,19H2,1-5H3. The molecule has 0 heterocycles. The highest BCUT2D eigenvalue weighted by atomic mass is 35.5. The van der Waals surface area contributed by atoms with Gasteiger partial charge in [0, 0.05) is 5.02 Å². The average molecular weight is 332 g/mol. The van der Waals surface area contributed by atoms with Crippen LogP contribution in [-0.4, -0.2) is 12.6 Å². The van der Waals surface area contributed by atoms with Gasteiger partial charge in [0.1, 0.15) is 0 Å². The largest absolute Gasteiger partial charge is 0.466 e. The minimum atomic E-state index is -0.499. The number of hydrogen-bond donors (Lipinski definition) is 1. The smallest absolute Gasteiger partial charge is 0.313 e. The van der Waals surface area contributed by atoms with Crippen molar-refractivity contribution in [1.82, 2.24) is 0 Å². The van der Waals surface area contributed by atoms with Crippen molar-refractivity contribution >= 4 is 34.9 Å². The molecule has 1 aromatic rings. The summed E-state index contributed by atoms with van der Waals surface area (Å²) in [7, 11) is 0. The highest BCUT2D eigenvalue weighted by Crippen LogP contribution is 2.42. The summed E-state index contributed by atoms with van der Waals surface area (Å²) in [5, 5.41) is 0.813. The Balaban J connectivity index is 3.41. The fraction of sp³-hybridized carbons (Fsp3) is 0.562. The van der Waals surface area contributed by atoms with Crippen LogP contribution in [0.15, 0.2) is 12.1 Å². The molecule has 0 spiro atoms. The third kappa shape index (κ3) is 4.27. The number of benzene rings is 1. The van der Waals surface area contributed by atoms with Gasteiger partial charge in [-0.3, -0.25) is 4.79 Å². The van der Waals surface area contributed by atoms with Gasteiger partial charge in [-0.25, -0.2) is 0 Å². The molecule has 2 atom stereocenters. The summed E-state index contributed by atoms with van der Waals surface area (Å²) in [4.78, 5) is 12.4. The maximum Gasteiger partial charge on any atom is 0.313 e. The number of nitrogens with two attached hydrogens (primary N) is 1. The number of nitrogen functional groups attached to an aromatic ring is 1. The van der Waals surface area contributed by atoms with Crippen molar-refractivity contribution in [3.8, 4) is 0 Å². The van der Waals surface area contributed by atoms with Gasteiger partial charge >= 0.3 is 5.97 Å². The summed E-state index contributed by atoms with van der Waals surface area (Å²) in [6, 6.07) is 3.28. The molecule has 0 saturated carbocycles. The number of rotatable bonds is 4. The van der Waals surface area contributed by atoms with Crippen molar-refractivity contribution < 1.29 is 9.53 Å². The molecule has 1 rings (SSSR count). The minimum absolute atomic E-state index is 0.00776. The predicted octanol–water partition coefficient (Wildman–Crippen LogP) is 4.90. The molecule has 0 saturated heterocycles. The van der Waals surface area contributed by atoms with Crippen molar-refractivity contribution in [2.45, 2.75) is 40.5 Å². The molecular weight excluding hydrogens is 309 g/mol. The van der Waals surface area contributed by atoms with Crippen LogP contribution in [-0.2, 0) is 9.53 Å². The van der Waals surface area contributed by atoms with Gasteiger partial charge in [0.15, 0.2) is 0 Å². The summed E-state index contributed by atoms with van der Waals surface area (Å²) < 4.78 is 5.23. The zero-order valence-electron chi connectivity index (χ0n) is 13.2. The van der Waals surface area contributed by atoms with Gasteiger partial charge in [0.05, 0.1) is 23.2 Å². The maximum absolute atomic E-state index is 12.4. The molecule has 0 aliphatic carbocycles. The van der Waals surface area contributed by atoms with Gasteiger partial charge in [0.2, 0.25) is 0 Å². The average Bonchev–Trinajstić information content (AvgIpc) is 2.34. The Labute approximate surface area is 136 Å². The van der Waals surface area contributed by atoms with Crippen molar-refractivity contribution in [1.29, 1.82) is 0 Å². The predicted molar refractivity (Wildman–Crippen MR) is 88.9 cm³/mol. The summed E-state index contributed by atoms with van der Waals surface area (Å²) in [6.45, 7) is 10.3. The third-order valence-electron chi connectivity index (χ3n) is 3.87. The van der Waals surface area contributed by atoms with E-state index in [4.69, 9.17) is 33.7 Å². The molecule has 0 bridgehead atoms. The first kappa shape index (κ1) is 18.1. The van der Waals surface area contributed by atoms with E-state index in [9.17, 15) is 4.79 Å². The molecule has 5 heteroatoms. The quantitative estimate of drug-likeness (QED) is 0.630. The molecule has 0 amide bonds. The fourth-order valence-electron chi connectivity index (χ4n) is 2.19. The fourth-order valence-corrected chi connectivity index (χ4v) is 2.70. The van der Waals surface area contributed by atoms with Crippen molar-refractivity contribution in [2.24, 2.45) is 11.3 Å². The molecule has 2 N–H and O–H groups in total. The number of halogens is 2. The number of carbonyl (C=O) groups excluding carboxylic acids is 1. The second kappa shape index (κ2) is 6.89. The second-order valence-corrected chi connectivity index (χ2v) is 7.12. The molecule has 118 valence electrons. The van der Waals surface area contributed by atoms with Crippen molar-refractivity contribution in [3.63, 3.8) is 0 Å². The van der Waals surface area contributed by atoms with E-state index < -0.39 is 5.92 Å². The second-order valence-electron chi connectivity index (χ2n) is 6.27. The highest BCUT2D eigenvalue weighted by Gasteiger charge is 2.37. The van der Waals surface area contributed by atoms with Gasteiger partial charge in [0.25, 0.3) is 0 Å². The Morgan fingerprint density at radius 2 is 1.90 bits per heavy atom. The van der Waals surface area contributed by atoms with Crippen LogP contribution >= 0.6 is 23.2 Å². The van der Waals surface area contributed by atoms with Crippen molar-refractivity contribution in [2.75, 3.05) is 12.3 Å². The maximum atomic E-state index is 12.4. The van der Waals surface area contributed by atoms with Crippen LogP contribution < -0.4 is 5.73 Å². The lowest BCUT2D eigenvalue weighted by Crippen LogP contribution is -2.31. The lowest BCUT2D eigenvalue weighted by atomic mass is 9.71. The Morgan fingerprint density at radius 1 is 1.33 bits per heavy atom. The van der Waals surface area contributed by atoms with E-state index in [1.54, 1.807) is 19.1 Å². The molecular formula is C16H23Cl2NO2. The Kier molecular flexibility index (Phi) is 5.94. The van der Waals surface area contributed by atoms with E-state index in [-0.39, 0.29) is 17.3 Å². The van der Waals surface area contributed by atoms with Gasteiger partial charge < -0.3 is 10.5 Å². The molecule has 2 unspecified atom stereocenters. The lowest BCUT2D eigenvalue weighted by molar-refractivity contribution is -0.147. The third-order valence-corrected chi connectivity index (χ3v) is 4.40. The van der Waals surface area contributed by atoms with E-state index >= 15 is 0 Å². The molecule has 0 aliphatic heterocycles. The van der Waals surface area contributed by atoms with Gasteiger partial charge in [-0.1, -0.05) is 50.9 Å². The molecule has 1 aromatic carbocycles. The Morgan fingerprint density at radius 3 is 2.38 bits per heavy atom. The normalized spacial score (nSPS) is 14.6. The number of carbonyl (C=O) groups is 1. The van der Waals surface area contributed by atoms with Crippen LogP contribution in [0.4, 0.5) is 5.69 Å². The SMILES string of the molecule is CCOC(=O)C(c1cc(Cl)cc(Cl)c1N)C(C)C(C)(C)C. The van der Waals surface area contributed by atoms with Crippen LogP contribution in [0, 0.1) is 11.3 Å². The molecule has 0 fully saturated rings. The van der Waals surface area contributed by atoms with Gasteiger partial charge in [-0.05, 0) is 36.0 Å². The Hall–Kier alpha value is -0.930. The van der Waals surface area contributed by atoms with Gasteiger partial charge in [-0.2, -0.15) is 0 Å². The topological polar surface area (TPSA) is 52.3 Å². The van der Waals surface area contributed by atoms with Crippen LogP contribution in [0.5, 0.6) is 0 Å². The van der Waals surface area contributed by atoms with Crippen LogP contribution in [0.1, 0.15) is 46.1 Å².